The number of rotatable bonds is 34. The lowest BCUT2D eigenvalue weighted by Gasteiger charge is -2.29. The van der Waals surface area contributed by atoms with Gasteiger partial charge in [0.25, 0.3) is 0 Å². The molecular formula is C71H85Cl2FN11O11P. The third-order valence-corrected chi connectivity index (χ3v) is 20.7. The van der Waals surface area contributed by atoms with Gasteiger partial charge in [-0.25, -0.2) is 28.0 Å². The molecule has 11 rings (SSSR count). The van der Waals surface area contributed by atoms with Crippen LogP contribution in [0.2, 0.25) is 10.0 Å². The van der Waals surface area contributed by atoms with E-state index in [1.54, 1.807) is 82.3 Å². The van der Waals surface area contributed by atoms with Crippen LogP contribution in [0.4, 0.5) is 16.0 Å². The van der Waals surface area contributed by atoms with Crippen LogP contribution in [0.1, 0.15) is 184 Å². The highest BCUT2D eigenvalue weighted by Crippen LogP contribution is 2.56. The highest BCUT2D eigenvalue weighted by molar-refractivity contribution is 7.49. The highest BCUT2D eigenvalue weighted by Gasteiger charge is 2.67. The maximum absolute atomic E-state index is 16.0. The Morgan fingerprint density at radius 3 is 1.52 bits per heavy atom. The van der Waals surface area contributed by atoms with E-state index in [-0.39, 0.29) is 64.8 Å². The Bertz CT molecular complexity index is 3890. The Labute approximate surface area is 575 Å². The van der Waals surface area contributed by atoms with Crippen molar-refractivity contribution in [1.29, 1.82) is 15.8 Å². The number of fused-ring (bicyclic) bond motifs is 4. The first kappa shape index (κ1) is 71.3. The number of nitrogens with zero attached hydrogens (tertiary/aromatic N) is 9. The minimum atomic E-state index is -4.96. The van der Waals surface area contributed by atoms with Gasteiger partial charge < -0.3 is 53.7 Å². The summed E-state index contributed by atoms with van der Waals surface area (Å²) in [5, 5.41) is 40.8. The molecule has 4 aromatic heterocycles. The number of nitriles is 3. The van der Waals surface area contributed by atoms with Gasteiger partial charge in [0.05, 0.1) is 64.6 Å². The van der Waals surface area contributed by atoms with Gasteiger partial charge in [-0.2, -0.15) is 26.0 Å². The van der Waals surface area contributed by atoms with Crippen LogP contribution < -0.4 is 20.5 Å². The summed E-state index contributed by atoms with van der Waals surface area (Å²) in [4.78, 5) is 8.23. The van der Waals surface area contributed by atoms with Crippen LogP contribution in [-0.4, -0.2) is 90.1 Å². The van der Waals surface area contributed by atoms with E-state index in [0.717, 1.165) is 31.7 Å². The van der Waals surface area contributed by atoms with Crippen molar-refractivity contribution in [2.75, 3.05) is 18.1 Å². The number of ether oxygens (including phenoxy) is 7. The summed E-state index contributed by atoms with van der Waals surface area (Å²) in [6.07, 6.45) is 17.5. The second-order valence-corrected chi connectivity index (χ2v) is 28.8. The van der Waals surface area contributed by atoms with Crippen LogP contribution in [-0.2, 0) is 72.9 Å². The van der Waals surface area contributed by atoms with Gasteiger partial charge in [-0.1, -0.05) is 164 Å². The first-order valence-corrected chi connectivity index (χ1v) is 36.0. The number of benzene rings is 3. The molecule has 26 heteroatoms. The molecule has 9 atom stereocenters. The van der Waals surface area contributed by atoms with Gasteiger partial charge in [0.15, 0.2) is 34.7 Å². The summed E-state index contributed by atoms with van der Waals surface area (Å²) in [6, 6.07) is 27.3. The van der Waals surface area contributed by atoms with Crippen LogP contribution in [0.15, 0.2) is 91.5 Å². The Morgan fingerprint density at radius 2 is 1.07 bits per heavy atom. The van der Waals surface area contributed by atoms with Crippen molar-refractivity contribution in [3.05, 3.63) is 141 Å². The van der Waals surface area contributed by atoms with Crippen molar-refractivity contribution in [2.24, 2.45) is 0 Å². The van der Waals surface area contributed by atoms with Gasteiger partial charge in [-0.3, -0.25) is 4.52 Å². The number of aromatic nitrogens is 6. The average Bonchev–Trinajstić information content (AvgIpc) is 1.56. The number of phosphoric acid groups is 1. The van der Waals surface area contributed by atoms with E-state index in [1.165, 1.54) is 117 Å². The number of phosphoric ester groups is 1. The van der Waals surface area contributed by atoms with E-state index in [9.17, 15) is 20.2 Å². The zero-order chi connectivity index (χ0) is 68.5. The van der Waals surface area contributed by atoms with Gasteiger partial charge in [0.1, 0.15) is 66.1 Å². The molecule has 0 radical (unpaired) electrons. The molecule has 0 unspecified atom stereocenters. The van der Waals surface area contributed by atoms with E-state index >= 15 is 4.57 Å². The van der Waals surface area contributed by atoms with Crippen molar-refractivity contribution in [1.82, 2.24) is 29.2 Å². The number of hydrogen-bond donors (Lipinski definition) is 2. The van der Waals surface area contributed by atoms with Crippen LogP contribution in [0.3, 0.4) is 0 Å². The molecule has 3 aromatic carbocycles. The second kappa shape index (κ2) is 31.0. The second-order valence-electron chi connectivity index (χ2n) is 26.5. The summed E-state index contributed by atoms with van der Waals surface area (Å²) in [6.45, 7) is 8.80. The Hall–Kier alpha value is -7.01. The smallest absolute Gasteiger partial charge is 0.393 e. The highest BCUT2D eigenvalue weighted by atomic mass is 35.5. The van der Waals surface area contributed by atoms with Gasteiger partial charge in [0, 0.05) is 12.8 Å². The van der Waals surface area contributed by atoms with E-state index in [2.05, 4.69) is 39.2 Å². The molecule has 0 aliphatic carbocycles. The van der Waals surface area contributed by atoms with E-state index in [4.69, 9.17) is 81.4 Å². The molecule has 0 amide bonds. The Morgan fingerprint density at radius 1 is 0.619 bits per heavy atom. The van der Waals surface area contributed by atoms with E-state index < -0.39 is 79.1 Å². The molecule has 0 spiro atoms. The van der Waals surface area contributed by atoms with Crippen LogP contribution in [0, 0.1) is 39.8 Å². The molecule has 0 saturated carbocycles. The topological polar surface area (TPSA) is 293 Å². The lowest BCUT2D eigenvalue weighted by molar-refractivity contribution is -0.201. The van der Waals surface area contributed by atoms with Gasteiger partial charge in [-0.05, 0) is 105 Å². The van der Waals surface area contributed by atoms with Gasteiger partial charge >= 0.3 is 7.82 Å². The maximum atomic E-state index is 16.0. The predicted molar refractivity (Wildman–Crippen MR) is 360 cm³/mol. The van der Waals surface area contributed by atoms with Gasteiger partial charge in [0.2, 0.25) is 11.2 Å². The molecule has 8 heterocycles. The molecule has 7 aromatic rings. The average molecular weight is 1390 g/mol. The fraction of sp³-hybridized carbons (Fsp3) is 0.535. The number of nitrogens with two attached hydrogens (primary N) is 2. The first-order chi connectivity index (χ1) is 46.7. The Kier molecular flexibility index (Phi) is 22.8. The minimum absolute atomic E-state index is 0.00689. The van der Waals surface area contributed by atoms with Crippen molar-refractivity contribution in [2.45, 2.75) is 235 Å². The summed E-state index contributed by atoms with van der Waals surface area (Å²) in [5.74, 6) is -2.68. The quantitative estimate of drug-likeness (QED) is 0.0280. The summed E-state index contributed by atoms with van der Waals surface area (Å²) in [5.41, 5.74) is 12.0. The van der Waals surface area contributed by atoms with E-state index in [1.807, 2.05) is 6.07 Å². The zero-order valence-electron chi connectivity index (χ0n) is 55.5. The fourth-order valence-corrected chi connectivity index (χ4v) is 15.7. The van der Waals surface area contributed by atoms with Crippen LogP contribution in [0.5, 0.6) is 11.5 Å². The predicted octanol–water partition coefficient (Wildman–Crippen LogP) is 15.2. The first-order valence-electron chi connectivity index (χ1n) is 33.8. The molecule has 4 saturated heterocycles. The molecule has 4 N–H and O–H groups in total. The Balaban J connectivity index is 0.844. The molecule has 0 bridgehead atoms. The standard InChI is InChI=1S/C71H85Cl2FN11O11P/c1-6-7-8-9-10-11-12-13-14-15-16-17-18-19-20-21-22-27-51(87-40-47-34-46(39-75)35-50(74)36-47)41-88-97(86,95-54-28-23-25-48(60(54)72)37-56-62-64(93-68(2,3)91-62)70(42-76,89-56)58-32-30-52-66(78)80-44-82-84(52)58)96-55-29-24-26-49(61(55)73)38-57-63-65(94-69(4,5)92-63)71(43-77,90-57)59-33-31-53-67(79)81-45-83-85(53)59/h23-26,28-36,44-45,51,56-57,62-65H,6-22,27,37-38,40-41H2,1-5H3,(H2,78,80,82)(H2,79,81,83)/t51-,56-,57-,62-,63-,64-,65-,70+,71+/m1/s1. The number of anilines is 2. The zero-order valence-corrected chi connectivity index (χ0v) is 57.9. The van der Waals surface area contributed by atoms with Crippen molar-refractivity contribution in [3.8, 4) is 29.7 Å². The molecule has 516 valence electrons. The molecule has 22 nitrogen and oxygen atoms in total. The minimum Gasteiger partial charge on any atom is -0.393 e. The maximum Gasteiger partial charge on any atom is 0.587 e. The normalized spacial score (nSPS) is 23.5. The lowest BCUT2D eigenvalue weighted by Crippen LogP contribution is -2.40. The van der Waals surface area contributed by atoms with Crippen molar-refractivity contribution >= 4 is 53.7 Å². The monoisotopic (exact) mass is 1390 g/mol. The number of nitrogen functional groups attached to an aromatic ring is 2. The molecule has 4 aliphatic rings. The number of hydrogen-bond acceptors (Lipinski definition) is 20. The summed E-state index contributed by atoms with van der Waals surface area (Å²) >= 11 is 14.7. The molecule has 4 aliphatic heterocycles. The SMILES string of the molecule is CCCCCCCCCCCCCCCCCCC[C@H](COP(=O)(Oc1cccc(C[C@H]2O[C@@](C#N)(c3ccc4c(N)ncnn34)[C@@H]3OC(C)(C)O[C@@H]32)c1Cl)Oc1cccc(C[C@H]2O[C@@](C#N)(c3ccc4c(N)ncnn34)[C@@H]3OC(C)(C)O[C@@H]32)c1Cl)OCc1cc(F)cc(C#N)c1. The molecule has 97 heavy (non-hydrogen) atoms. The lowest BCUT2D eigenvalue weighted by atomic mass is 9.91. The van der Waals surface area contributed by atoms with Crippen molar-refractivity contribution in [3.63, 3.8) is 0 Å². The van der Waals surface area contributed by atoms with Crippen LogP contribution in [0.25, 0.3) is 11.0 Å². The molecular weight excluding hydrogens is 1300 g/mol. The summed E-state index contributed by atoms with van der Waals surface area (Å²) < 4.78 is 99.1. The number of halogens is 3. The summed E-state index contributed by atoms with van der Waals surface area (Å²) in [7, 11) is -4.96. The fourth-order valence-electron chi connectivity index (χ4n) is 13.8. The van der Waals surface area contributed by atoms with Crippen molar-refractivity contribution < 1.29 is 55.7 Å². The molecule has 4 fully saturated rings. The largest absolute Gasteiger partial charge is 0.587 e. The number of unbranched alkanes of at least 4 members (excludes halogenated alkanes) is 16. The van der Waals surface area contributed by atoms with Gasteiger partial charge in [-0.15, -0.1) is 0 Å². The van der Waals surface area contributed by atoms with E-state index in [0.29, 0.717) is 52.0 Å². The van der Waals surface area contributed by atoms with Crippen LogP contribution >= 0.6 is 31.0 Å². The third-order valence-electron chi connectivity index (χ3n) is 18.5. The third kappa shape index (κ3) is 16.0.